The van der Waals surface area contributed by atoms with E-state index in [2.05, 4.69) is 21.0 Å². The van der Waals surface area contributed by atoms with E-state index < -0.39 is 0 Å². The number of benzene rings is 1. The predicted molar refractivity (Wildman–Crippen MR) is 85.8 cm³/mol. The zero-order valence-corrected chi connectivity index (χ0v) is 14.3. The van der Waals surface area contributed by atoms with Crippen molar-refractivity contribution in [2.75, 3.05) is 0 Å². The highest BCUT2D eigenvalue weighted by Crippen LogP contribution is 2.36. The van der Waals surface area contributed by atoms with Crippen LogP contribution in [0, 0.1) is 0 Å². The summed E-state index contributed by atoms with van der Waals surface area (Å²) in [6, 6.07) is 5.10. The van der Waals surface area contributed by atoms with Gasteiger partial charge < -0.3 is 0 Å². The molecule has 0 unspecified atom stereocenters. The Hall–Kier alpha value is -0.840. The number of carbonyl (C=O) groups excluding carboxylic acids is 1. The second kappa shape index (κ2) is 5.51. The summed E-state index contributed by atoms with van der Waals surface area (Å²) >= 11 is 15.6. The first-order valence-electron chi connectivity index (χ1n) is 5.95. The molecule has 106 valence electrons. The Morgan fingerprint density at radius 1 is 1.30 bits per heavy atom. The minimum atomic E-state index is -0.264. The number of hydrogen-bond donors (Lipinski definition) is 0. The number of aromatic nitrogens is 2. The Morgan fingerprint density at radius 3 is 2.50 bits per heavy atom. The number of rotatable bonds is 2. The van der Waals surface area contributed by atoms with E-state index in [1.807, 2.05) is 20.8 Å². The summed E-state index contributed by atoms with van der Waals surface area (Å²) in [6.45, 7) is 6.01. The van der Waals surface area contributed by atoms with Gasteiger partial charge in [0, 0.05) is 10.6 Å². The summed E-state index contributed by atoms with van der Waals surface area (Å²) in [5.74, 6) is 0. The molecule has 3 nitrogen and oxygen atoms in total. The molecule has 0 amide bonds. The highest BCUT2D eigenvalue weighted by molar-refractivity contribution is 9.10. The normalized spacial score (nSPS) is 11.7. The monoisotopic (exact) mass is 374 g/mol. The molecular weight excluding hydrogens is 363 g/mol. The van der Waals surface area contributed by atoms with Crippen molar-refractivity contribution in [3.05, 3.63) is 38.4 Å². The van der Waals surface area contributed by atoms with Gasteiger partial charge in [0.1, 0.15) is 10.3 Å². The van der Waals surface area contributed by atoms with Crippen molar-refractivity contribution in [3.63, 3.8) is 0 Å². The molecule has 1 heterocycles. The molecule has 6 heteroatoms. The van der Waals surface area contributed by atoms with Gasteiger partial charge in [-0.25, -0.2) is 0 Å². The molecule has 0 radical (unpaired) electrons. The molecular formula is C14H13BrCl2N2O. The van der Waals surface area contributed by atoms with Gasteiger partial charge in [-0.15, -0.1) is 0 Å². The van der Waals surface area contributed by atoms with Crippen molar-refractivity contribution in [1.82, 2.24) is 9.78 Å². The minimum absolute atomic E-state index is 0.264. The largest absolute Gasteiger partial charge is 0.298 e. The third kappa shape index (κ3) is 2.78. The molecule has 0 aliphatic rings. The van der Waals surface area contributed by atoms with E-state index in [0.717, 1.165) is 6.29 Å². The lowest BCUT2D eigenvalue weighted by atomic mass is 10.1. The molecule has 0 aliphatic carbocycles. The lowest BCUT2D eigenvalue weighted by molar-refractivity contribution is 0.112. The fraction of sp³-hybridized carbons (Fsp3) is 0.286. The Balaban J connectivity index is 2.75. The fourth-order valence-corrected chi connectivity index (χ4v) is 3.11. The van der Waals surface area contributed by atoms with Crippen LogP contribution in [0.1, 0.15) is 31.1 Å². The summed E-state index contributed by atoms with van der Waals surface area (Å²) in [5, 5.41) is 5.57. The molecule has 0 spiro atoms. The van der Waals surface area contributed by atoms with Gasteiger partial charge in [0.15, 0.2) is 6.29 Å². The Kier molecular flexibility index (Phi) is 4.28. The summed E-state index contributed by atoms with van der Waals surface area (Å²) in [7, 11) is 0. The highest BCUT2D eigenvalue weighted by Gasteiger charge is 2.25. The van der Waals surface area contributed by atoms with Gasteiger partial charge in [0.2, 0.25) is 0 Å². The second-order valence-electron chi connectivity index (χ2n) is 5.38. The quantitative estimate of drug-likeness (QED) is 0.677. The first-order chi connectivity index (χ1) is 9.25. The minimum Gasteiger partial charge on any atom is -0.298 e. The zero-order chi connectivity index (χ0) is 15.1. The zero-order valence-electron chi connectivity index (χ0n) is 11.2. The van der Waals surface area contributed by atoms with Crippen LogP contribution in [0.4, 0.5) is 0 Å². The Morgan fingerprint density at radius 2 is 1.95 bits per heavy atom. The maximum Gasteiger partial charge on any atom is 0.155 e. The lowest BCUT2D eigenvalue weighted by Crippen LogP contribution is -2.23. The summed E-state index contributed by atoms with van der Waals surface area (Å²) in [6.07, 6.45) is 0.770. The van der Waals surface area contributed by atoms with Crippen molar-refractivity contribution in [2.45, 2.75) is 26.3 Å². The van der Waals surface area contributed by atoms with Crippen LogP contribution in [0.2, 0.25) is 10.0 Å². The third-order valence-corrected chi connectivity index (χ3v) is 4.13. The average molecular weight is 376 g/mol. The summed E-state index contributed by atoms with van der Waals surface area (Å²) in [4.78, 5) is 11.4. The van der Waals surface area contributed by atoms with E-state index in [4.69, 9.17) is 23.2 Å². The molecule has 0 saturated carbocycles. The molecule has 1 aromatic heterocycles. The fourth-order valence-electron chi connectivity index (χ4n) is 1.84. The van der Waals surface area contributed by atoms with Crippen molar-refractivity contribution < 1.29 is 4.79 Å². The molecule has 0 aliphatic heterocycles. The van der Waals surface area contributed by atoms with Crippen LogP contribution in [0.5, 0.6) is 0 Å². The van der Waals surface area contributed by atoms with Gasteiger partial charge in [-0.05, 0) is 54.9 Å². The van der Waals surface area contributed by atoms with Gasteiger partial charge in [0.05, 0.1) is 16.1 Å². The summed E-state index contributed by atoms with van der Waals surface area (Å²) in [5.41, 5.74) is 1.36. The van der Waals surface area contributed by atoms with Gasteiger partial charge in [-0.2, -0.15) is 5.10 Å². The third-order valence-electron chi connectivity index (χ3n) is 2.80. The standard InChI is InChI=1S/C14H13BrCl2N2O/c1-14(2,3)19-13(15)10(7-20)12(18-19)9-6-8(16)4-5-11(9)17/h4-7H,1-3H3. The molecule has 0 bridgehead atoms. The number of carbonyl (C=O) groups is 1. The van der Waals surface area contributed by atoms with Crippen molar-refractivity contribution in [1.29, 1.82) is 0 Å². The van der Waals surface area contributed by atoms with E-state index in [0.29, 0.717) is 31.5 Å². The molecule has 2 aromatic rings. The molecule has 0 saturated heterocycles. The molecule has 0 fully saturated rings. The van der Waals surface area contributed by atoms with E-state index in [1.54, 1.807) is 22.9 Å². The van der Waals surface area contributed by atoms with Crippen molar-refractivity contribution >= 4 is 45.4 Å². The van der Waals surface area contributed by atoms with Gasteiger partial charge in [-0.1, -0.05) is 23.2 Å². The molecule has 1 aromatic carbocycles. The molecule has 20 heavy (non-hydrogen) atoms. The first-order valence-corrected chi connectivity index (χ1v) is 7.50. The number of nitrogens with zero attached hydrogens (tertiary/aromatic N) is 2. The maximum absolute atomic E-state index is 11.4. The van der Waals surface area contributed by atoms with E-state index in [-0.39, 0.29) is 5.54 Å². The van der Waals surface area contributed by atoms with Crippen LogP contribution in [0.15, 0.2) is 22.8 Å². The van der Waals surface area contributed by atoms with E-state index >= 15 is 0 Å². The van der Waals surface area contributed by atoms with Gasteiger partial charge in [0.25, 0.3) is 0 Å². The van der Waals surface area contributed by atoms with Crippen LogP contribution < -0.4 is 0 Å². The number of hydrogen-bond acceptors (Lipinski definition) is 2. The highest BCUT2D eigenvalue weighted by atomic mass is 79.9. The Labute approximate surface area is 136 Å². The first kappa shape index (κ1) is 15.5. The van der Waals surface area contributed by atoms with Crippen LogP contribution in [0.25, 0.3) is 11.3 Å². The van der Waals surface area contributed by atoms with Crippen LogP contribution in [0.3, 0.4) is 0 Å². The number of halogens is 3. The smallest absolute Gasteiger partial charge is 0.155 e. The van der Waals surface area contributed by atoms with E-state index in [1.165, 1.54) is 0 Å². The molecule has 0 N–H and O–H groups in total. The van der Waals surface area contributed by atoms with Gasteiger partial charge >= 0.3 is 0 Å². The van der Waals surface area contributed by atoms with Crippen molar-refractivity contribution in [2.24, 2.45) is 0 Å². The second-order valence-corrected chi connectivity index (χ2v) is 6.97. The van der Waals surface area contributed by atoms with Crippen LogP contribution in [-0.2, 0) is 5.54 Å². The average Bonchev–Trinajstić information content (AvgIpc) is 2.69. The lowest BCUT2D eigenvalue weighted by Gasteiger charge is -2.20. The molecule has 2 rings (SSSR count). The number of aldehydes is 1. The van der Waals surface area contributed by atoms with Crippen LogP contribution in [-0.4, -0.2) is 16.1 Å². The maximum atomic E-state index is 11.4. The van der Waals surface area contributed by atoms with E-state index in [9.17, 15) is 4.79 Å². The van der Waals surface area contributed by atoms with Gasteiger partial charge in [-0.3, -0.25) is 9.48 Å². The topological polar surface area (TPSA) is 34.9 Å². The Bertz CT molecular complexity index is 675. The molecule has 0 atom stereocenters. The van der Waals surface area contributed by atoms with Crippen LogP contribution >= 0.6 is 39.1 Å². The SMILES string of the molecule is CC(C)(C)n1nc(-c2cc(Cl)ccc2Cl)c(C=O)c1Br. The van der Waals surface area contributed by atoms with Crippen molar-refractivity contribution in [3.8, 4) is 11.3 Å². The summed E-state index contributed by atoms with van der Waals surface area (Å²) < 4.78 is 2.38. The predicted octanol–water partition coefficient (Wildman–Crippen LogP) is 5.19.